The van der Waals surface area contributed by atoms with Crippen molar-refractivity contribution in [2.24, 2.45) is 0 Å². The van der Waals surface area contributed by atoms with Crippen LogP contribution in [0.1, 0.15) is 12.8 Å². The number of ether oxygens (including phenoxy) is 1. The van der Waals surface area contributed by atoms with Gasteiger partial charge in [-0.25, -0.2) is 0 Å². The largest absolute Gasteiger partial charge is 0.541 e. The van der Waals surface area contributed by atoms with Crippen molar-refractivity contribution in [3.8, 4) is 0 Å². The monoisotopic (exact) mass is 134 g/mol. The van der Waals surface area contributed by atoms with Crippen LogP contribution in [0.3, 0.4) is 0 Å². The molecule has 0 aliphatic carbocycles. The van der Waals surface area contributed by atoms with Crippen LogP contribution in [-0.2, 0) is 4.74 Å². The highest BCUT2D eigenvalue weighted by Gasteiger charge is 2.28. The molecule has 1 saturated heterocycles. The molecule has 0 N–H and O–H groups in total. The number of rotatable bonds is 1. The third kappa shape index (κ3) is 1.93. The van der Waals surface area contributed by atoms with Crippen LogP contribution in [0.25, 0.3) is 0 Å². The lowest BCUT2D eigenvalue weighted by Gasteiger charge is -2.18. The van der Waals surface area contributed by atoms with Crippen molar-refractivity contribution in [2.75, 3.05) is 13.2 Å². The summed E-state index contributed by atoms with van der Waals surface area (Å²) >= 11 is 0. The van der Waals surface area contributed by atoms with Crippen molar-refractivity contribution >= 4 is 7.27 Å². The van der Waals surface area contributed by atoms with Gasteiger partial charge in [0.1, 0.15) is 0 Å². The van der Waals surface area contributed by atoms with E-state index in [1.54, 1.807) is 0 Å². The molecule has 1 rings (SSSR count). The van der Waals surface area contributed by atoms with Gasteiger partial charge in [0.05, 0.1) is 0 Å². The van der Waals surface area contributed by atoms with E-state index in [2.05, 4.69) is 0 Å². The van der Waals surface area contributed by atoms with E-state index < -0.39 is 13.1 Å². The first-order chi connectivity index (χ1) is 4.30. The minimum absolute atomic E-state index is 0.404. The molecule has 0 unspecified atom stereocenters. The summed E-state index contributed by atoms with van der Waals surface area (Å²) in [5, 5.41) is 0. The van der Waals surface area contributed by atoms with E-state index in [9.17, 15) is 8.63 Å². The zero-order valence-corrected chi connectivity index (χ0v) is 5.15. The second-order valence-electron chi connectivity index (χ2n) is 2.28. The van der Waals surface area contributed by atoms with Gasteiger partial charge in [0.2, 0.25) is 0 Å². The maximum Gasteiger partial charge on any atom is 0.541 e. The molecule has 0 amide bonds. The SMILES string of the molecule is FB(F)C1CCOCC1. The molecular weight excluding hydrogens is 125 g/mol. The van der Waals surface area contributed by atoms with Crippen LogP contribution < -0.4 is 0 Å². The summed E-state index contributed by atoms with van der Waals surface area (Å²) in [5.74, 6) is -0.404. The standard InChI is InChI=1S/C5H9BF2O/c7-6(8)5-1-3-9-4-2-5/h5H,1-4H2. The van der Waals surface area contributed by atoms with Crippen LogP contribution in [0.2, 0.25) is 5.82 Å². The van der Waals surface area contributed by atoms with Gasteiger partial charge < -0.3 is 4.74 Å². The smallest absolute Gasteiger partial charge is 0.381 e. The van der Waals surface area contributed by atoms with E-state index in [0.717, 1.165) is 0 Å². The second-order valence-corrected chi connectivity index (χ2v) is 2.28. The molecule has 1 aliphatic heterocycles. The lowest BCUT2D eigenvalue weighted by atomic mass is 9.73. The van der Waals surface area contributed by atoms with Gasteiger partial charge in [-0.05, 0) is 12.8 Å². The van der Waals surface area contributed by atoms with Gasteiger partial charge in [0.15, 0.2) is 0 Å². The predicted octanol–water partition coefficient (Wildman–Crippen LogP) is 1.59. The van der Waals surface area contributed by atoms with Gasteiger partial charge in [-0.3, -0.25) is 8.63 Å². The van der Waals surface area contributed by atoms with Crippen LogP contribution in [0, 0.1) is 0 Å². The molecule has 0 saturated carbocycles. The van der Waals surface area contributed by atoms with E-state index in [-0.39, 0.29) is 0 Å². The summed E-state index contributed by atoms with van der Waals surface area (Å²) in [6, 6.07) is 0. The molecule has 0 spiro atoms. The molecule has 0 aromatic rings. The van der Waals surface area contributed by atoms with Crippen molar-refractivity contribution < 1.29 is 13.4 Å². The lowest BCUT2D eigenvalue weighted by Crippen LogP contribution is -2.19. The molecule has 4 heteroatoms. The minimum Gasteiger partial charge on any atom is -0.381 e. The van der Waals surface area contributed by atoms with Crippen LogP contribution in [0.4, 0.5) is 8.63 Å². The van der Waals surface area contributed by atoms with Crippen molar-refractivity contribution in [1.82, 2.24) is 0 Å². The Kier molecular flexibility index (Phi) is 2.45. The molecule has 1 nitrogen and oxygen atoms in total. The molecule has 9 heavy (non-hydrogen) atoms. The minimum atomic E-state index is -2.14. The Morgan fingerprint density at radius 3 is 2.11 bits per heavy atom. The zero-order chi connectivity index (χ0) is 6.69. The quantitative estimate of drug-likeness (QED) is 0.494. The van der Waals surface area contributed by atoms with Gasteiger partial charge in [-0.15, -0.1) is 0 Å². The highest BCUT2D eigenvalue weighted by atomic mass is 19.2. The van der Waals surface area contributed by atoms with Crippen LogP contribution in [-0.4, -0.2) is 20.5 Å². The fourth-order valence-corrected chi connectivity index (χ4v) is 0.968. The van der Waals surface area contributed by atoms with E-state index in [4.69, 9.17) is 4.74 Å². The van der Waals surface area contributed by atoms with Gasteiger partial charge in [0, 0.05) is 19.0 Å². The first-order valence-electron chi connectivity index (χ1n) is 3.16. The first kappa shape index (κ1) is 7.00. The third-order valence-electron chi connectivity index (χ3n) is 1.62. The van der Waals surface area contributed by atoms with Crippen molar-refractivity contribution in [1.29, 1.82) is 0 Å². The van der Waals surface area contributed by atoms with E-state index in [1.807, 2.05) is 0 Å². The summed E-state index contributed by atoms with van der Waals surface area (Å²) in [4.78, 5) is 0. The Morgan fingerprint density at radius 1 is 1.22 bits per heavy atom. The maximum absolute atomic E-state index is 11.9. The number of hydrogen-bond donors (Lipinski definition) is 0. The summed E-state index contributed by atoms with van der Waals surface area (Å²) in [5.41, 5.74) is 0. The summed E-state index contributed by atoms with van der Waals surface area (Å²) < 4.78 is 28.6. The Morgan fingerprint density at radius 2 is 1.78 bits per heavy atom. The molecule has 0 atom stereocenters. The van der Waals surface area contributed by atoms with Crippen LogP contribution in [0.15, 0.2) is 0 Å². The number of halogens is 2. The average molecular weight is 134 g/mol. The highest BCUT2D eigenvalue weighted by molar-refractivity contribution is 6.44. The summed E-state index contributed by atoms with van der Waals surface area (Å²) in [7, 11) is -2.14. The third-order valence-corrected chi connectivity index (χ3v) is 1.62. The molecule has 1 heterocycles. The molecule has 1 aliphatic rings. The molecule has 1 fully saturated rings. The molecule has 52 valence electrons. The summed E-state index contributed by atoms with van der Waals surface area (Å²) in [6.45, 7) is 1.02. The molecule has 0 bridgehead atoms. The topological polar surface area (TPSA) is 9.23 Å². The van der Waals surface area contributed by atoms with Gasteiger partial charge in [-0.1, -0.05) is 0 Å². The normalized spacial score (nSPS) is 22.0. The molecular formula is C5H9BF2O. The highest BCUT2D eigenvalue weighted by Crippen LogP contribution is 2.24. The molecule has 0 aromatic carbocycles. The Bertz CT molecular complexity index is 83.0. The first-order valence-corrected chi connectivity index (χ1v) is 3.16. The Hall–Kier alpha value is -0.115. The zero-order valence-electron chi connectivity index (χ0n) is 5.15. The summed E-state index contributed by atoms with van der Waals surface area (Å²) in [6.07, 6.45) is 1.05. The Labute approximate surface area is 53.6 Å². The molecule has 0 aromatic heterocycles. The fourth-order valence-electron chi connectivity index (χ4n) is 0.968. The Balaban J connectivity index is 2.23. The number of hydrogen-bond acceptors (Lipinski definition) is 1. The second kappa shape index (κ2) is 3.15. The van der Waals surface area contributed by atoms with E-state index in [0.29, 0.717) is 26.1 Å². The maximum atomic E-state index is 11.9. The van der Waals surface area contributed by atoms with Crippen molar-refractivity contribution in [3.05, 3.63) is 0 Å². The van der Waals surface area contributed by atoms with Crippen molar-refractivity contribution in [3.63, 3.8) is 0 Å². The molecule has 0 radical (unpaired) electrons. The van der Waals surface area contributed by atoms with E-state index >= 15 is 0 Å². The van der Waals surface area contributed by atoms with Crippen molar-refractivity contribution in [2.45, 2.75) is 18.7 Å². The van der Waals surface area contributed by atoms with Gasteiger partial charge >= 0.3 is 7.27 Å². The van der Waals surface area contributed by atoms with Crippen LogP contribution >= 0.6 is 0 Å². The lowest BCUT2D eigenvalue weighted by molar-refractivity contribution is 0.0935. The van der Waals surface area contributed by atoms with Gasteiger partial charge in [0.25, 0.3) is 0 Å². The van der Waals surface area contributed by atoms with Gasteiger partial charge in [-0.2, -0.15) is 0 Å². The van der Waals surface area contributed by atoms with E-state index in [1.165, 1.54) is 0 Å². The fraction of sp³-hybridized carbons (Fsp3) is 1.00. The predicted molar refractivity (Wildman–Crippen MR) is 31.8 cm³/mol. The van der Waals surface area contributed by atoms with Crippen LogP contribution in [0.5, 0.6) is 0 Å². The average Bonchev–Trinajstić information content (AvgIpc) is 1.90.